The van der Waals surface area contributed by atoms with Crippen molar-refractivity contribution in [3.05, 3.63) is 51.8 Å². The molecule has 0 aliphatic rings. The van der Waals surface area contributed by atoms with Crippen LogP contribution in [0.5, 0.6) is 0 Å². The van der Waals surface area contributed by atoms with Crippen molar-refractivity contribution in [1.29, 1.82) is 0 Å². The zero-order valence-corrected chi connectivity index (χ0v) is 13.2. The van der Waals surface area contributed by atoms with Crippen LogP contribution in [0.15, 0.2) is 18.2 Å². The first kappa shape index (κ1) is 14.8. The van der Waals surface area contributed by atoms with Crippen LogP contribution in [-0.4, -0.2) is 16.3 Å². The molecule has 0 spiro atoms. The average molecular weight is 271 g/mol. The van der Waals surface area contributed by atoms with Gasteiger partial charge in [0.15, 0.2) is 0 Å². The molecule has 1 N–H and O–H groups in total. The van der Waals surface area contributed by atoms with Gasteiger partial charge < -0.3 is 5.32 Å². The number of hydrogen-bond acceptors (Lipinski definition) is 2. The lowest BCUT2D eigenvalue weighted by molar-refractivity contribution is 0.653. The predicted octanol–water partition coefficient (Wildman–Crippen LogP) is 3.27. The monoisotopic (exact) mass is 271 g/mol. The lowest BCUT2D eigenvalue weighted by Crippen LogP contribution is -2.13. The molecule has 0 saturated carbocycles. The molecule has 3 nitrogen and oxygen atoms in total. The minimum absolute atomic E-state index is 0.853. The topological polar surface area (TPSA) is 29.9 Å². The molecule has 0 fully saturated rings. The summed E-state index contributed by atoms with van der Waals surface area (Å²) in [7, 11) is 0. The first-order chi connectivity index (χ1) is 9.52. The molecule has 0 amide bonds. The number of aromatic nitrogens is 2. The standard InChI is InChI=1S/C17H25N3/c1-6-18-10-17-14(4)19-20(15(17)5)11-16-9-12(2)7-8-13(16)3/h7-9,18H,6,10-11H2,1-5H3. The number of nitrogens with zero attached hydrogens (tertiary/aromatic N) is 2. The molecule has 108 valence electrons. The van der Waals surface area contributed by atoms with E-state index >= 15 is 0 Å². The third-order valence-electron chi connectivity index (χ3n) is 3.91. The lowest BCUT2D eigenvalue weighted by Gasteiger charge is -2.10. The highest BCUT2D eigenvalue weighted by atomic mass is 15.3. The average Bonchev–Trinajstić information content (AvgIpc) is 2.67. The summed E-state index contributed by atoms with van der Waals surface area (Å²) in [5.41, 5.74) is 7.72. The maximum atomic E-state index is 4.71. The second-order valence-corrected chi connectivity index (χ2v) is 5.52. The van der Waals surface area contributed by atoms with E-state index in [1.807, 2.05) is 0 Å². The molecule has 0 aliphatic heterocycles. The maximum absolute atomic E-state index is 4.71. The fourth-order valence-corrected chi connectivity index (χ4v) is 2.53. The number of hydrogen-bond donors (Lipinski definition) is 1. The molecule has 1 aromatic heterocycles. The van der Waals surface area contributed by atoms with Crippen LogP contribution in [-0.2, 0) is 13.1 Å². The summed E-state index contributed by atoms with van der Waals surface area (Å²) in [6, 6.07) is 6.61. The summed E-state index contributed by atoms with van der Waals surface area (Å²) in [5, 5.41) is 8.10. The predicted molar refractivity (Wildman–Crippen MR) is 84.1 cm³/mol. The SMILES string of the molecule is CCNCc1c(C)nn(Cc2cc(C)ccc2C)c1C. The molecule has 20 heavy (non-hydrogen) atoms. The second-order valence-electron chi connectivity index (χ2n) is 5.52. The molecular weight excluding hydrogens is 246 g/mol. The largest absolute Gasteiger partial charge is 0.313 e. The summed E-state index contributed by atoms with van der Waals surface area (Å²) in [4.78, 5) is 0. The number of aryl methyl sites for hydroxylation is 3. The Bertz CT molecular complexity index is 597. The van der Waals surface area contributed by atoms with Crippen LogP contribution < -0.4 is 5.32 Å². The summed E-state index contributed by atoms with van der Waals surface area (Å²) in [6.07, 6.45) is 0. The van der Waals surface area contributed by atoms with Crippen LogP contribution >= 0.6 is 0 Å². The van der Waals surface area contributed by atoms with Gasteiger partial charge >= 0.3 is 0 Å². The van der Waals surface area contributed by atoms with E-state index in [-0.39, 0.29) is 0 Å². The van der Waals surface area contributed by atoms with Gasteiger partial charge in [0.1, 0.15) is 0 Å². The van der Waals surface area contributed by atoms with Crippen LogP contribution in [0, 0.1) is 27.7 Å². The van der Waals surface area contributed by atoms with Gasteiger partial charge in [-0.15, -0.1) is 0 Å². The van der Waals surface area contributed by atoms with Crippen LogP contribution in [0.25, 0.3) is 0 Å². The van der Waals surface area contributed by atoms with Gasteiger partial charge in [-0.05, 0) is 45.4 Å². The summed E-state index contributed by atoms with van der Waals surface area (Å²) >= 11 is 0. The Hall–Kier alpha value is -1.61. The van der Waals surface area contributed by atoms with E-state index in [1.165, 1.54) is 27.9 Å². The van der Waals surface area contributed by atoms with Crippen molar-refractivity contribution < 1.29 is 0 Å². The molecule has 0 bridgehead atoms. The zero-order valence-electron chi connectivity index (χ0n) is 13.2. The van der Waals surface area contributed by atoms with Crippen LogP contribution in [0.2, 0.25) is 0 Å². The summed E-state index contributed by atoms with van der Waals surface area (Å²) in [5.74, 6) is 0. The molecule has 0 atom stereocenters. The Balaban J connectivity index is 2.27. The van der Waals surface area contributed by atoms with Gasteiger partial charge in [0.2, 0.25) is 0 Å². The van der Waals surface area contributed by atoms with Gasteiger partial charge in [-0.25, -0.2) is 0 Å². The van der Waals surface area contributed by atoms with Crippen molar-refractivity contribution in [3.8, 4) is 0 Å². The molecule has 1 heterocycles. The minimum Gasteiger partial charge on any atom is -0.313 e. The van der Waals surface area contributed by atoms with Gasteiger partial charge in [0.25, 0.3) is 0 Å². The van der Waals surface area contributed by atoms with Crippen molar-refractivity contribution in [2.75, 3.05) is 6.54 Å². The van der Waals surface area contributed by atoms with E-state index < -0.39 is 0 Å². The molecule has 1 aromatic carbocycles. The fraction of sp³-hybridized carbons (Fsp3) is 0.471. The Labute approximate surface area is 122 Å². The zero-order chi connectivity index (χ0) is 14.7. The van der Waals surface area contributed by atoms with Crippen LogP contribution in [0.4, 0.5) is 0 Å². The number of benzene rings is 1. The van der Waals surface area contributed by atoms with Gasteiger partial charge in [-0.2, -0.15) is 5.10 Å². The molecule has 0 radical (unpaired) electrons. The highest BCUT2D eigenvalue weighted by Crippen LogP contribution is 2.17. The highest BCUT2D eigenvalue weighted by molar-refractivity contribution is 5.32. The van der Waals surface area contributed by atoms with E-state index in [0.717, 1.165) is 25.3 Å². The van der Waals surface area contributed by atoms with Gasteiger partial charge in [0.05, 0.1) is 12.2 Å². The second kappa shape index (κ2) is 6.23. The minimum atomic E-state index is 0.853. The molecule has 0 saturated heterocycles. The molecule has 3 heteroatoms. The van der Waals surface area contributed by atoms with E-state index in [9.17, 15) is 0 Å². The first-order valence-corrected chi connectivity index (χ1v) is 7.32. The third-order valence-corrected chi connectivity index (χ3v) is 3.91. The third kappa shape index (κ3) is 3.10. The van der Waals surface area contributed by atoms with Crippen LogP contribution in [0.3, 0.4) is 0 Å². The van der Waals surface area contributed by atoms with Crippen molar-refractivity contribution in [2.24, 2.45) is 0 Å². The summed E-state index contributed by atoms with van der Waals surface area (Å²) in [6.45, 7) is 13.4. The quantitative estimate of drug-likeness (QED) is 0.904. The Kier molecular flexibility index (Phi) is 4.61. The van der Waals surface area contributed by atoms with Gasteiger partial charge in [-0.3, -0.25) is 4.68 Å². The van der Waals surface area contributed by atoms with E-state index in [4.69, 9.17) is 5.10 Å². The Morgan fingerprint density at radius 2 is 1.90 bits per heavy atom. The van der Waals surface area contributed by atoms with Crippen LogP contribution in [0.1, 0.15) is 40.6 Å². The van der Waals surface area contributed by atoms with Gasteiger partial charge in [0, 0.05) is 17.8 Å². The van der Waals surface area contributed by atoms with Crippen molar-refractivity contribution >= 4 is 0 Å². The smallest absolute Gasteiger partial charge is 0.0665 e. The first-order valence-electron chi connectivity index (χ1n) is 7.32. The summed E-state index contributed by atoms with van der Waals surface area (Å²) < 4.78 is 2.13. The Morgan fingerprint density at radius 1 is 1.15 bits per heavy atom. The number of nitrogens with one attached hydrogen (secondary N) is 1. The van der Waals surface area contributed by atoms with Crippen molar-refractivity contribution in [2.45, 2.75) is 47.7 Å². The highest BCUT2D eigenvalue weighted by Gasteiger charge is 2.11. The van der Waals surface area contributed by atoms with E-state index in [0.29, 0.717) is 0 Å². The number of rotatable bonds is 5. The lowest BCUT2D eigenvalue weighted by atomic mass is 10.1. The Morgan fingerprint density at radius 3 is 2.60 bits per heavy atom. The molecule has 0 aliphatic carbocycles. The van der Waals surface area contributed by atoms with E-state index in [2.05, 4.69) is 62.8 Å². The normalized spacial score (nSPS) is 11.1. The molecule has 2 rings (SSSR count). The van der Waals surface area contributed by atoms with Crippen molar-refractivity contribution in [3.63, 3.8) is 0 Å². The maximum Gasteiger partial charge on any atom is 0.0665 e. The van der Waals surface area contributed by atoms with Gasteiger partial charge in [-0.1, -0.05) is 30.7 Å². The van der Waals surface area contributed by atoms with Crippen molar-refractivity contribution in [1.82, 2.24) is 15.1 Å². The molecule has 0 unspecified atom stereocenters. The molecule has 2 aromatic rings. The fourth-order valence-electron chi connectivity index (χ4n) is 2.53. The van der Waals surface area contributed by atoms with E-state index in [1.54, 1.807) is 0 Å². The molecular formula is C17H25N3.